The van der Waals surface area contributed by atoms with E-state index in [1.807, 2.05) is 64.1 Å². The van der Waals surface area contributed by atoms with Crippen LogP contribution in [-0.2, 0) is 5.41 Å². The van der Waals surface area contributed by atoms with Gasteiger partial charge in [-0.25, -0.2) is 23.8 Å². The molecule has 3 heterocycles. The molecular weight excluding hydrogens is 473 g/mol. The van der Waals surface area contributed by atoms with Crippen molar-refractivity contribution in [3.05, 3.63) is 84.2 Å². The van der Waals surface area contributed by atoms with Crippen LogP contribution in [0.15, 0.2) is 66.9 Å². The van der Waals surface area contributed by atoms with Gasteiger partial charge in [-0.15, -0.1) is 0 Å². The van der Waals surface area contributed by atoms with Crippen LogP contribution < -0.4 is 15.4 Å². The standard InChI is InChI=1S/C27H26FN7O2/c1-16-30-24-21(12-13-29-25(24)31-16)37-18-10-11-20(19(28)14-18)32-26(36)33-23-15-22(27(2,3)4)34-35(23)17-8-6-5-7-9-17/h5-15H,1-4H3,(H,29,30,31)(H2,32,33,36). The summed E-state index contributed by atoms with van der Waals surface area (Å²) >= 11 is 0. The molecular formula is C27H26FN7O2. The maximum absolute atomic E-state index is 14.9. The average Bonchev–Trinajstić information content (AvgIpc) is 3.45. The van der Waals surface area contributed by atoms with Crippen LogP contribution in [0.5, 0.6) is 11.5 Å². The molecule has 0 radical (unpaired) electrons. The van der Waals surface area contributed by atoms with E-state index in [-0.39, 0.29) is 16.9 Å². The highest BCUT2D eigenvalue weighted by Crippen LogP contribution is 2.30. The van der Waals surface area contributed by atoms with Gasteiger partial charge in [-0.05, 0) is 31.2 Å². The highest BCUT2D eigenvalue weighted by atomic mass is 19.1. The summed E-state index contributed by atoms with van der Waals surface area (Å²) in [5.41, 5.74) is 2.49. The molecule has 0 aliphatic rings. The summed E-state index contributed by atoms with van der Waals surface area (Å²) in [7, 11) is 0. The van der Waals surface area contributed by atoms with Gasteiger partial charge in [0, 0.05) is 29.8 Å². The molecule has 0 atom stereocenters. The lowest BCUT2D eigenvalue weighted by Crippen LogP contribution is -2.21. The molecule has 9 nitrogen and oxygen atoms in total. The topological polar surface area (TPSA) is 110 Å². The fourth-order valence-corrected chi connectivity index (χ4v) is 3.75. The Labute approximate surface area is 212 Å². The van der Waals surface area contributed by atoms with Gasteiger partial charge in [0.1, 0.15) is 23.2 Å². The normalized spacial score (nSPS) is 11.5. The molecule has 3 N–H and O–H groups in total. The molecule has 0 saturated carbocycles. The number of pyridine rings is 1. The van der Waals surface area contributed by atoms with Gasteiger partial charge in [-0.1, -0.05) is 39.0 Å². The first-order valence-electron chi connectivity index (χ1n) is 11.7. The molecule has 0 bridgehead atoms. The summed E-state index contributed by atoms with van der Waals surface area (Å²) in [4.78, 5) is 24.4. The third kappa shape index (κ3) is 5.13. The number of hydrogen-bond acceptors (Lipinski definition) is 5. The molecule has 0 unspecified atom stereocenters. The van der Waals surface area contributed by atoms with Crippen molar-refractivity contribution < 1.29 is 13.9 Å². The van der Waals surface area contributed by atoms with Crippen molar-refractivity contribution in [3.8, 4) is 17.2 Å². The number of benzene rings is 2. The minimum Gasteiger partial charge on any atom is -0.455 e. The first-order valence-corrected chi connectivity index (χ1v) is 11.7. The number of para-hydroxylation sites is 1. The Morgan fingerprint density at radius 3 is 2.57 bits per heavy atom. The number of nitrogens with one attached hydrogen (secondary N) is 3. The molecule has 5 rings (SSSR count). The summed E-state index contributed by atoms with van der Waals surface area (Å²) in [5, 5.41) is 10.0. The fourth-order valence-electron chi connectivity index (χ4n) is 3.75. The summed E-state index contributed by atoms with van der Waals surface area (Å²) in [6, 6.07) is 16.5. The van der Waals surface area contributed by atoms with Gasteiger partial charge in [-0.2, -0.15) is 5.10 Å². The van der Waals surface area contributed by atoms with Crippen LogP contribution in [0.25, 0.3) is 16.9 Å². The first-order chi connectivity index (χ1) is 17.7. The third-order valence-electron chi connectivity index (χ3n) is 5.60. The van der Waals surface area contributed by atoms with Crippen LogP contribution in [0.3, 0.4) is 0 Å². The van der Waals surface area contributed by atoms with Crippen LogP contribution in [0.4, 0.5) is 20.7 Å². The number of amides is 2. The maximum atomic E-state index is 14.9. The fraction of sp³-hybridized carbons (Fsp3) is 0.185. The van der Waals surface area contributed by atoms with E-state index in [1.165, 1.54) is 12.1 Å². The van der Waals surface area contributed by atoms with Crippen molar-refractivity contribution in [2.45, 2.75) is 33.1 Å². The second-order valence-corrected chi connectivity index (χ2v) is 9.56. The van der Waals surface area contributed by atoms with Gasteiger partial charge in [-0.3, -0.25) is 5.32 Å². The largest absolute Gasteiger partial charge is 0.455 e. The molecule has 0 spiro atoms. The summed E-state index contributed by atoms with van der Waals surface area (Å²) in [6.07, 6.45) is 1.58. The lowest BCUT2D eigenvalue weighted by Gasteiger charge is -2.14. The van der Waals surface area contributed by atoms with E-state index in [2.05, 4.69) is 30.7 Å². The Balaban J connectivity index is 1.34. The summed E-state index contributed by atoms with van der Waals surface area (Å²) < 4.78 is 22.4. The number of aromatic amines is 1. The number of ether oxygens (including phenoxy) is 1. The van der Waals surface area contributed by atoms with Crippen LogP contribution in [0, 0.1) is 12.7 Å². The molecule has 2 aromatic carbocycles. The maximum Gasteiger partial charge on any atom is 0.324 e. The highest BCUT2D eigenvalue weighted by Gasteiger charge is 2.22. The van der Waals surface area contributed by atoms with Gasteiger partial charge in [0.2, 0.25) is 0 Å². The number of carbonyl (C=O) groups is 1. The number of aryl methyl sites for hydroxylation is 1. The number of halogens is 1. The van der Waals surface area contributed by atoms with Gasteiger partial charge < -0.3 is 15.0 Å². The lowest BCUT2D eigenvalue weighted by molar-refractivity contribution is 0.262. The van der Waals surface area contributed by atoms with Crippen LogP contribution in [-0.4, -0.2) is 30.8 Å². The molecule has 3 aromatic heterocycles. The Bertz CT molecular complexity index is 1590. The van der Waals surface area contributed by atoms with E-state index in [1.54, 1.807) is 23.0 Å². The van der Waals surface area contributed by atoms with E-state index in [0.29, 0.717) is 28.6 Å². The number of H-pyrrole nitrogens is 1. The number of anilines is 2. The predicted octanol–water partition coefficient (Wildman–Crippen LogP) is 6.32. The number of hydrogen-bond donors (Lipinski definition) is 3. The summed E-state index contributed by atoms with van der Waals surface area (Å²) in [6.45, 7) is 7.93. The van der Waals surface area contributed by atoms with Crippen LogP contribution in [0.1, 0.15) is 32.3 Å². The van der Waals surface area contributed by atoms with Crippen molar-refractivity contribution >= 4 is 28.7 Å². The Kier molecular flexibility index (Phi) is 6.08. The molecule has 37 heavy (non-hydrogen) atoms. The van der Waals surface area contributed by atoms with E-state index in [9.17, 15) is 9.18 Å². The molecule has 2 amide bonds. The zero-order chi connectivity index (χ0) is 26.2. The molecule has 0 aliphatic carbocycles. The molecule has 188 valence electrons. The zero-order valence-corrected chi connectivity index (χ0v) is 20.8. The number of aromatic nitrogens is 5. The predicted molar refractivity (Wildman–Crippen MR) is 140 cm³/mol. The molecule has 10 heteroatoms. The van der Waals surface area contributed by atoms with Crippen LogP contribution in [0.2, 0.25) is 0 Å². The molecule has 5 aromatic rings. The van der Waals surface area contributed by atoms with E-state index >= 15 is 0 Å². The third-order valence-corrected chi connectivity index (χ3v) is 5.60. The minimum absolute atomic E-state index is 0.00200. The smallest absolute Gasteiger partial charge is 0.324 e. The van der Waals surface area contributed by atoms with E-state index in [4.69, 9.17) is 4.74 Å². The Morgan fingerprint density at radius 2 is 1.84 bits per heavy atom. The molecule has 0 saturated heterocycles. The van der Waals surface area contributed by atoms with Crippen molar-refractivity contribution in [1.82, 2.24) is 24.7 Å². The second kappa shape index (κ2) is 9.38. The van der Waals surface area contributed by atoms with Crippen molar-refractivity contribution in [2.24, 2.45) is 0 Å². The number of carbonyl (C=O) groups excluding carboxylic acids is 1. The lowest BCUT2D eigenvalue weighted by atomic mass is 9.92. The molecule has 0 fully saturated rings. The van der Waals surface area contributed by atoms with E-state index < -0.39 is 11.8 Å². The van der Waals surface area contributed by atoms with Crippen molar-refractivity contribution in [2.75, 3.05) is 10.6 Å². The zero-order valence-electron chi connectivity index (χ0n) is 20.8. The average molecular weight is 500 g/mol. The van der Waals surface area contributed by atoms with Gasteiger partial charge in [0.25, 0.3) is 0 Å². The number of imidazole rings is 1. The molecule has 0 aliphatic heterocycles. The highest BCUT2D eigenvalue weighted by molar-refractivity contribution is 5.99. The minimum atomic E-state index is -0.650. The quantitative estimate of drug-likeness (QED) is 0.262. The number of fused-ring (bicyclic) bond motifs is 1. The number of rotatable bonds is 5. The van der Waals surface area contributed by atoms with Gasteiger partial charge in [0.15, 0.2) is 16.9 Å². The van der Waals surface area contributed by atoms with Crippen molar-refractivity contribution in [3.63, 3.8) is 0 Å². The van der Waals surface area contributed by atoms with E-state index in [0.717, 1.165) is 11.4 Å². The van der Waals surface area contributed by atoms with Crippen molar-refractivity contribution in [1.29, 1.82) is 0 Å². The SMILES string of the molecule is Cc1nc2c(Oc3ccc(NC(=O)Nc4cc(C(C)(C)C)nn4-c4ccccc4)c(F)c3)ccnc2[nH]1. The Morgan fingerprint density at radius 1 is 1.05 bits per heavy atom. The van der Waals surface area contributed by atoms with Gasteiger partial charge >= 0.3 is 6.03 Å². The first kappa shape index (κ1) is 24.0. The summed E-state index contributed by atoms with van der Waals surface area (Å²) in [5.74, 6) is 1.20. The Hall–Kier alpha value is -4.73. The van der Waals surface area contributed by atoms with Crippen LogP contribution >= 0.6 is 0 Å². The second-order valence-electron chi connectivity index (χ2n) is 9.56. The number of urea groups is 1. The number of nitrogens with zero attached hydrogens (tertiary/aromatic N) is 4. The van der Waals surface area contributed by atoms with Gasteiger partial charge in [0.05, 0.1) is 17.1 Å². The monoisotopic (exact) mass is 499 g/mol.